The van der Waals surface area contributed by atoms with Crippen LogP contribution in [0.25, 0.3) is 0 Å². The van der Waals surface area contributed by atoms with Crippen molar-refractivity contribution in [3.8, 4) is 5.75 Å². The molecule has 184 valence electrons. The maximum atomic E-state index is 12.9. The Morgan fingerprint density at radius 2 is 1.62 bits per heavy atom. The smallest absolute Gasteiger partial charge is 0.325 e. The van der Waals surface area contributed by atoms with Gasteiger partial charge in [0.25, 0.3) is 0 Å². The Morgan fingerprint density at radius 3 is 2.18 bits per heavy atom. The number of aromatic amines is 1. The number of aromatic nitrogens is 2. The molecule has 0 saturated heterocycles. The summed E-state index contributed by atoms with van der Waals surface area (Å²) in [5, 5.41) is 35.0. The molecule has 2 aromatic rings. The van der Waals surface area contributed by atoms with Gasteiger partial charge in [-0.1, -0.05) is 12.1 Å². The highest BCUT2D eigenvalue weighted by Gasteiger charge is 2.29. The summed E-state index contributed by atoms with van der Waals surface area (Å²) in [6.07, 6.45) is 3.07. The molecular weight excluding hydrogens is 448 g/mol. The van der Waals surface area contributed by atoms with Crippen molar-refractivity contribution < 1.29 is 34.5 Å². The molecule has 0 aliphatic heterocycles. The minimum atomic E-state index is -1.45. The summed E-state index contributed by atoms with van der Waals surface area (Å²) in [5.74, 6) is -3.62. The van der Waals surface area contributed by atoms with Crippen LogP contribution in [0.3, 0.4) is 0 Å². The van der Waals surface area contributed by atoms with Gasteiger partial charge < -0.3 is 42.0 Å². The van der Waals surface area contributed by atoms with Gasteiger partial charge in [-0.3, -0.25) is 19.2 Å². The Labute approximate surface area is 194 Å². The van der Waals surface area contributed by atoms with Gasteiger partial charge in [0.2, 0.25) is 17.7 Å². The van der Waals surface area contributed by atoms with Gasteiger partial charge in [-0.2, -0.15) is 0 Å². The summed E-state index contributed by atoms with van der Waals surface area (Å²) in [6, 6.07) is 1.03. The molecule has 0 spiro atoms. The van der Waals surface area contributed by atoms with Gasteiger partial charge in [0.05, 0.1) is 19.0 Å². The van der Waals surface area contributed by atoms with E-state index in [0.717, 1.165) is 0 Å². The van der Waals surface area contributed by atoms with Crippen LogP contribution in [-0.2, 0) is 32.0 Å². The first kappa shape index (κ1) is 26.3. The zero-order valence-corrected chi connectivity index (χ0v) is 18.4. The van der Waals surface area contributed by atoms with E-state index in [9.17, 15) is 29.4 Å². The van der Waals surface area contributed by atoms with E-state index >= 15 is 0 Å². The number of benzene rings is 1. The highest BCUT2D eigenvalue weighted by Crippen LogP contribution is 2.12. The lowest BCUT2D eigenvalue weighted by atomic mass is 10.0. The van der Waals surface area contributed by atoms with Gasteiger partial charge >= 0.3 is 5.97 Å². The fourth-order valence-electron chi connectivity index (χ4n) is 2.92. The number of hydrogen-bond donors (Lipinski definition) is 8. The van der Waals surface area contributed by atoms with E-state index in [1.54, 1.807) is 12.1 Å². The highest BCUT2D eigenvalue weighted by molar-refractivity contribution is 5.94. The third-order valence-electron chi connectivity index (χ3n) is 4.89. The lowest BCUT2D eigenvalue weighted by molar-refractivity contribution is -0.142. The van der Waals surface area contributed by atoms with Gasteiger partial charge in [-0.05, 0) is 24.6 Å². The van der Waals surface area contributed by atoms with Crippen molar-refractivity contribution in [2.75, 3.05) is 6.61 Å². The molecule has 3 amide bonds. The minimum Gasteiger partial charge on any atom is -0.508 e. The number of aliphatic hydroxyl groups excluding tert-OH is 1. The number of nitrogens with one attached hydrogen (secondary N) is 4. The van der Waals surface area contributed by atoms with Crippen LogP contribution in [0.4, 0.5) is 0 Å². The van der Waals surface area contributed by atoms with Crippen molar-refractivity contribution in [1.29, 1.82) is 0 Å². The normalized spacial score (nSPS) is 14.3. The lowest BCUT2D eigenvalue weighted by Crippen LogP contribution is -2.58. The molecule has 1 heterocycles. The molecule has 1 aromatic heterocycles. The molecule has 13 nitrogen and oxygen atoms in total. The van der Waals surface area contributed by atoms with Crippen molar-refractivity contribution in [3.63, 3.8) is 0 Å². The number of carbonyl (C=O) groups excluding carboxylic acids is 3. The van der Waals surface area contributed by atoms with E-state index < -0.39 is 54.5 Å². The molecule has 0 bridgehead atoms. The average Bonchev–Trinajstić information content (AvgIpc) is 3.30. The Hall–Kier alpha value is -3.97. The van der Waals surface area contributed by atoms with E-state index in [2.05, 4.69) is 25.9 Å². The number of carboxylic acids is 1. The van der Waals surface area contributed by atoms with E-state index in [1.165, 1.54) is 31.6 Å². The zero-order chi connectivity index (χ0) is 25.3. The van der Waals surface area contributed by atoms with Crippen molar-refractivity contribution in [2.24, 2.45) is 5.73 Å². The van der Waals surface area contributed by atoms with E-state index in [-0.39, 0.29) is 18.6 Å². The standard InChI is InChI=1S/C21H28N6O7/c1-11(21(33)34)25-20(32)17(9-28)27-19(31)16(6-12-2-4-14(29)5-3-12)26-18(30)15(22)7-13-8-23-10-24-13/h2-5,8,10-11,15-17,28-29H,6-7,9,22H2,1H3,(H,23,24)(H,25,32)(H,26,30)(H,27,31)(H,33,34). The highest BCUT2D eigenvalue weighted by atomic mass is 16.4. The fourth-order valence-corrected chi connectivity index (χ4v) is 2.92. The summed E-state index contributed by atoms with van der Waals surface area (Å²) in [4.78, 5) is 55.5. The molecule has 0 aliphatic rings. The zero-order valence-electron chi connectivity index (χ0n) is 18.4. The van der Waals surface area contributed by atoms with Gasteiger partial charge in [-0.15, -0.1) is 0 Å². The van der Waals surface area contributed by atoms with Crippen LogP contribution in [0.5, 0.6) is 5.75 Å². The fraction of sp³-hybridized carbons (Fsp3) is 0.381. The number of aliphatic carboxylic acids is 1. The number of amides is 3. The second-order valence-corrected chi connectivity index (χ2v) is 7.63. The number of nitrogens with two attached hydrogens (primary N) is 1. The van der Waals surface area contributed by atoms with E-state index in [0.29, 0.717) is 11.3 Å². The van der Waals surface area contributed by atoms with Crippen molar-refractivity contribution in [1.82, 2.24) is 25.9 Å². The summed E-state index contributed by atoms with van der Waals surface area (Å²) >= 11 is 0. The lowest BCUT2D eigenvalue weighted by Gasteiger charge is -2.24. The second-order valence-electron chi connectivity index (χ2n) is 7.63. The molecule has 13 heteroatoms. The predicted octanol–water partition coefficient (Wildman–Crippen LogP) is -2.22. The molecule has 0 fully saturated rings. The average molecular weight is 476 g/mol. The predicted molar refractivity (Wildman–Crippen MR) is 118 cm³/mol. The van der Waals surface area contributed by atoms with Gasteiger partial charge in [0, 0.05) is 24.7 Å². The summed E-state index contributed by atoms with van der Waals surface area (Å²) in [7, 11) is 0. The number of phenols is 1. The summed E-state index contributed by atoms with van der Waals surface area (Å²) in [6.45, 7) is 0.425. The topological polar surface area (TPSA) is 220 Å². The monoisotopic (exact) mass is 476 g/mol. The number of carboxylic acid groups (broad SMARTS) is 1. The number of aliphatic hydroxyl groups is 1. The third kappa shape index (κ3) is 7.86. The number of phenolic OH excluding ortho intramolecular Hbond substituents is 1. The first-order valence-corrected chi connectivity index (χ1v) is 10.4. The van der Waals surface area contributed by atoms with E-state index in [4.69, 9.17) is 10.8 Å². The molecule has 4 unspecified atom stereocenters. The number of hydrogen-bond acceptors (Lipinski definition) is 8. The number of aromatic hydroxyl groups is 1. The van der Waals surface area contributed by atoms with Crippen molar-refractivity contribution in [2.45, 2.75) is 43.9 Å². The largest absolute Gasteiger partial charge is 0.508 e. The summed E-state index contributed by atoms with van der Waals surface area (Å²) in [5.41, 5.74) is 7.15. The Kier molecular flexibility index (Phi) is 9.52. The maximum Gasteiger partial charge on any atom is 0.325 e. The Morgan fingerprint density at radius 1 is 1.00 bits per heavy atom. The molecule has 0 aliphatic carbocycles. The molecule has 0 radical (unpaired) electrons. The SMILES string of the molecule is CC(NC(=O)C(CO)NC(=O)C(Cc1ccc(O)cc1)NC(=O)C(N)Cc1cnc[nH]1)C(=O)O. The number of imidazole rings is 1. The molecule has 34 heavy (non-hydrogen) atoms. The number of nitrogens with zero attached hydrogens (tertiary/aromatic N) is 1. The minimum absolute atomic E-state index is 0.0138. The van der Waals surface area contributed by atoms with Crippen LogP contribution in [-0.4, -0.2) is 79.8 Å². The molecule has 2 rings (SSSR count). The van der Waals surface area contributed by atoms with Gasteiger partial charge in [0.15, 0.2) is 0 Å². The maximum absolute atomic E-state index is 12.9. The molecule has 1 aromatic carbocycles. The molecule has 4 atom stereocenters. The Bertz CT molecular complexity index is 980. The Balaban J connectivity index is 2.13. The van der Waals surface area contributed by atoms with Gasteiger partial charge in [-0.25, -0.2) is 4.98 Å². The molecule has 9 N–H and O–H groups in total. The first-order valence-electron chi connectivity index (χ1n) is 10.4. The quantitative estimate of drug-likeness (QED) is 0.166. The number of rotatable bonds is 12. The second kappa shape index (κ2) is 12.3. The third-order valence-corrected chi connectivity index (χ3v) is 4.89. The molecular formula is C21H28N6O7. The van der Waals surface area contributed by atoms with Crippen LogP contribution >= 0.6 is 0 Å². The number of carbonyl (C=O) groups is 4. The first-order chi connectivity index (χ1) is 16.1. The van der Waals surface area contributed by atoms with Crippen LogP contribution in [0, 0.1) is 0 Å². The van der Waals surface area contributed by atoms with Crippen molar-refractivity contribution in [3.05, 3.63) is 48.0 Å². The van der Waals surface area contributed by atoms with Crippen LogP contribution < -0.4 is 21.7 Å². The van der Waals surface area contributed by atoms with Crippen LogP contribution in [0.2, 0.25) is 0 Å². The van der Waals surface area contributed by atoms with Crippen LogP contribution in [0.15, 0.2) is 36.8 Å². The summed E-state index contributed by atoms with van der Waals surface area (Å²) < 4.78 is 0. The van der Waals surface area contributed by atoms with Gasteiger partial charge in [0.1, 0.15) is 23.9 Å². The molecule has 0 saturated carbocycles. The van der Waals surface area contributed by atoms with Crippen LogP contribution in [0.1, 0.15) is 18.2 Å². The number of H-pyrrole nitrogens is 1. The van der Waals surface area contributed by atoms with E-state index in [1.807, 2.05) is 0 Å². The van der Waals surface area contributed by atoms with Crippen molar-refractivity contribution >= 4 is 23.7 Å².